The fourth-order valence-electron chi connectivity index (χ4n) is 2.95. The minimum absolute atomic E-state index is 0.341. The van der Waals surface area contributed by atoms with Crippen molar-refractivity contribution in [3.8, 4) is 0 Å². The summed E-state index contributed by atoms with van der Waals surface area (Å²) in [5, 5.41) is 10.5. The van der Waals surface area contributed by atoms with Crippen LogP contribution < -0.4 is 0 Å². The fourth-order valence-corrected chi connectivity index (χ4v) is 3.35. The van der Waals surface area contributed by atoms with Gasteiger partial charge in [-0.15, -0.1) is 0 Å². The summed E-state index contributed by atoms with van der Waals surface area (Å²) >= 11 is 3.47. The predicted molar refractivity (Wildman–Crippen MR) is 82.3 cm³/mol. The van der Waals surface area contributed by atoms with Gasteiger partial charge in [-0.3, -0.25) is 4.90 Å². The van der Waals surface area contributed by atoms with Crippen LogP contribution in [0.3, 0.4) is 0 Å². The van der Waals surface area contributed by atoms with Gasteiger partial charge in [0.2, 0.25) is 0 Å². The summed E-state index contributed by atoms with van der Waals surface area (Å²) in [5.74, 6) is 0.680. The summed E-state index contributed by atoms with van der Waals surface area (Å²) in [6, 6.07) is 0.434. The van der Waals surface area contributed by atoms with Crippen LogP contribution in [0.15, 0.2) is 0 Å². The van der Waals surface area contributed by atoms with E-state index >= 15 is 0 Å². The van der Waals surface area contributed by atoms with Crippen LogP contribution in [0.5, 0.6) is 0 Å². The maximum Gasteiger partial charge on any atom is 0.0589 e. The van der Waals surface area contributed by atoms with Crippen LogP contribution in [0.2, 0.25) is 0 Å². The molecule has 0 aromatic carbocycles. The minimum atomic E-state index is 0.341. The predicted octanol–water partition coefficient (Wildman–Crippen LogP) is 3.81. The Hall–Kier alpha value is 0.400. The van der Waals surface area contributed by atoms with Gasteiger partial charge in [-0.05, 0) is 38.3 Å². The molecule has 0 aromatic heterocycles. The van der Waals surface area contributed by atoms with Crippen LogP contribution in [0.25, 0.3) is 0 Å². The minimum Gasteiger partial charge on any atom is -0.395 e. The van der Waals surface area contributed by atoms with Gasteiger partial charge in [-0.25, -0.2) is 0 Å². The first kappa shape index (κ1) is 16.5. The molecule has 1 fully saturated rings. The number of nitrogens with zero attached hydrogens (tertiary/aromatic N) is 1. The number of aliphatic hydroxyl groups excluding tert-OH is 1. The smallest absolute Gasteiger partial charge is 0.0589 e. The van der Waals surface area contributed by atoms with E-state index in [-0.39, 0.29) is 0 Å². The molecule has 0 aromatic rings. The first-order chi connectivity index (χ1) is 8.79. The molecule has 1 heterocycles. The van der Waals surface area contributed by atoms with Crippen molar-refractivity contribution in [2.24, 2.45) is 5.92 Å². The molecule has 2 unspecified atom stereocenters. The number of halogens is 1. The number of rotatable bonds is 10. The molecule has 0 radical (unpaired) electrons. The number of likely N-dealkylation sites (tertiary alicyclic amines) is 1. The van der Waals surface area contributed by atoms with Crippen molar-refractivity contribution in [1.82, 2.24) is 4.90 Å². The highest BCUT2D eigenvalue weighted by atomic mass is 79.9. The third kappa shape index (κ3) is 6.03. The molecule has 1 aliphatic heterocycles. The van der Waals surface area contributed by atoms with Gasteiger partial charge < -0.3 is 5.11 Å². The van der Waals surface area contributed by atoms with E-state index in [9.17, 15) is 5.11 Å². The average molecular weight is 320 g/mol. The van der Waals surface area contributed by atoms with Gasteiger partial charge in [-0.1, -0.05) is 55.0 Å². The lowest BCUT2D eigenvalue weighted by Gasteiger charge is -2.24. The highest BCUT2D eigenvalue weighted by Crippen LogP contribution is 2.23. The van der Waals surface area contributed by atoms with E-state index in [4.69, 9.17) is 0 Å². The molecule has 0 spiro atoms. The van der Waals surface area contributed by atoms with Crippen LogP contribution in [0.4, 0.5) is 0 Å². The van der Waals surface area contributed by atoms with Gasteiger partial charge in [0, 0.05) is 11.4 Å². The van der Waals surface area contributed by atoms with Crippen molar-refractivity contribution in [3.05, 3.63) is 0 Å². The average Bonchev–Trinajstić information content (AvgIpc) is 2.73. The van der Waals surface area contributed by atoms with Crippen molar-refractivity contribution in [3.63, 3.8) is 0 Å². The van der Waals surface area contributed by atoms with E-state index in [1.165, 1.54) is 64.5 Å². The Morgan fingerprint density at radius 2 is 1.67 bits per heavy atom. The Labute approximate surface area is 121 Å². The van der Waals surface area contributed by atoms with E-state index in [1.54, 1.807) is 0 Å². The third-order valence-electron chi connectivity index (χ3n) is 4.26. The number of aliphatic hydroxyl groups is 1. The van der Waals surface area contributed by atoms with Crippen LogP contribution in [0, 0.1) is 5.92 Å². The van der Waals surface area contributed by atoms with Crippen LogP contribution in [-0.2, 0) is 0 Å². The molecule has 0 bridgehead atoms. The Balaban J connectivity index is 1.94. The molecule has 2 atom stereocenters. The lowest BCUT2D eigenvalue weighted by molar-refractivity contribution is 0.137. The number of unbranched alkanes of at least 4 members (excludes halogenated alkanes) is 6. The van der Waals surface area contributed by atoms with E-state index in [0.717, 1.165) is 5.33 Å². The molecule has 1 saturated heterocycles. The number of hydrogen-bond donors (Lipinski definition) is 1. The third-order valence-corrected chi connectivity index (χ3v) is 4.82. The molecule has 18 heavy (non-hydrogen) atoms. The van der Waals surface area contributed by atoms with Crippen molar-refractivity contribution >= 4 is 15.9 Å². The Bertz CT molecular complexity index is 201. The first-order valence-corrected chi connectivity index (χ1v) is 8.82. The second-order valence-corrected chi connectivity index (χ2v) is 6.51. The van der Waals surface area contributed by atoms with E-state index < -0.39 is 0 Å². The Kier molecular flexibility index (Phi) is 9.34. The molecule has 0 aliphatic carbocycles. The van der Waals surface area contributed by atoms with Crippen LogP contribution >= 0.6 is 15.9 Å². The van der Waals surface area contributed by atoms with E-state index in [1.807, 2.05) is 0 Å². The van der Waals surface area contributed by atoms with Gasteiger partial charge in [-0.2, -0.15) is 0 Å². The Morgan fingerprint density at radius 1 is 1.06 bits per heavy atom. The first-order valence-electron chi connectivity index (χ1n) is 7.70. The maximum atomic E-state index is 9.38. The zero-order valence-corrected chi connectivity index (χ0v) is 13.5. The molecular formula is C15H30BrNO. The standard InChI is InChI=1S/C15H30BrNO/c1-14-9-12-17(15(14)13-18)11-8-6-4-2-3-5-7-10-16/h14-15,18H,2-13H2,1H3. The summed E-state index contributed by atoms with van der Waals surface area (Å²) < 4.78 is 0. The summed E-state index contributed by atoms with van der Waals surface area (Å²) in [4.78, 5) is 2.50. The molecule has 0 amide bonds. The number of alkyl halides is 1. The molecule has 1 aliphatic rings. The van der Waals surface area contributed by atoms with Gasteiger partial charge >= 0.3 is 0 Å². The zero-order valence-electron chi connectivity index (χ0n) is 11.9. The zero-order chi connectivity index (χ0) is 13.2. The molecule has 1 rings (SSSR count). The lowest BCUT2D eigenvalue weighted by atomic mass is 10.0. The molecule has 2 nitrogen and oxygen atoms in total. The lowest BCUT2D eigenvalue weighted by Crippen LogP contribution is -2.35. The molecule has 0 saturated carbocycles. The van der Waals surface area contributed by atoms with Crippen molar-refractivity contribution in [2.45, 2.75) is 64.3 Å². The SMILES string of the molecule is CC1CCN(CCCCCCCCCBr)C1CO. The van der Waals surface area contributed by atoms with E-state index in [2.05, 4.69) is 27.8 Å². The molecule has 108 valence electrons. The normalized spacial score (nSPS) is 24.8. The van der Waals surface area contributed by atoms with Crippen LogP contribution in [0.1, 0.15) is 58.3 Å². The van der Waals surface area contributed by atoms with Gasteiger partial charge in [0.15, 0.2) is 0 Å². The topological polar surface area (TPSA) is 23.5 Å². The summed E-state index contributed by atoms with van der Waals surface area (Å²) in [7, 11) is 0. The molecule has 1 N–H and O–H groups in total. The summed E-state index contributed by atoms with van der Waals surface area (Å²) in [6.45, 7) is 4.99. The van der Waals surface area contributed by atoms with Crippen molar-refractivity contribution in [2.75, 3.05) is 25.0 Å². The van der Waals surface area contributed by atoms with Gasteiger partial charge in [0.05, 0.1) is 6.61 Å². The highest BCUT2D eigenvalue weighted by molar-refractivity contribution is 9.09. The summed E-state index contributed by atoms with van der Waals surface area (Å²) in [5.41, 5.74) is 0. The second kappa shape index (κ2) is 10.2. The fraction of sp³-hybridized carbons (Fsp3) is 1.00. The van der Waals surface area contributed by atoms with Crippen molar-refractivity contribution in [1.29, 1.82) is 0 Å². The molecule has 3 heteroatoms. The largest absolute Gasteiger partial charge is 0.395 e. The van der Waals surface area contributed by atoms with Gasteiger partial charge in [0.1, 0.15) is 0 Å². The Morgan fingerprint density at radius 3 is 2.28 bits per heavy atom. The molecular weight excluding hydrogens is 290 g/mol. The van der Waals surface area contributed by atoms with E-state index in [0.29, 0.717) is 18.6 Å². The van der Waals surface area contributed by atoms with Crippen molar-refractivity contribution < 1.29 is 5.11 Å². The monoisotopic (exact) mass is 319 g/mol. The quantitative estimate of drug-likeness (QED) is 0.489. The van der Waals surface area contributed by atoms with Crippen LogP contribution in [-0.4, -0.2) is 41.1 Å². The number of hydrogen-bond acceptors (Lipinski definition) is 2. The maximum absolute atomic E-state index is 9.38. The van der Waals surface area contributed by atoms with Gasteiger partial charge in [0.25, 0.3) is 0 Å². The highest BCUT2D eigenvalue weighted by Gasteiger charge is 2.29. The second-order valence-electron chi connectivity index (χ2n) is 5.72. The summed E-state index contributed by atoms with van der Waals surface area (Å²) in [6.07, 6.45) is 10.8.